The summed E-state index contributed by atoms with van der Waals surface area (Å²) in [7, 11) is 1.43. The van der Waals surface area contributed by atoms with Gasteiger partial charge in [-0.15, -0.1) is 0 Å². The van der Waals surface area contributed by atoms with Gasteiger partial charge in [0.05, 0.1) is 18.1 Å². The highest BCUT2D eigenvalue weighted by atomic mass is 79.9. The van der Waals surface area contributed by atoms with Crippen molar-refractivity contribution in [2.24, 2.45) is 0 Å². The van der Waals surface area contributed by atoms with Crippen LogP contribution in [0.1, 0.15) is 10.4 Å². The van der Waals surface area contributed by atoms with E-state index in [0.717, 1.165) is 0 Å². The van der Waals surface area contributed by atoms with E-state index in [9.17, 15) is 13.2 Å². The van der Waals surface area contributed by atoms with E-state index in [-0.39, 0.29) is 10.8 Å². The van der Waals surface area contributed by atoms with Crippen molar-refractivity contribution in [3.05, 3.63) is 28.2 Å². The van der Waals surface area contributed by atoms with E-state index in [4.69, 9.17) is 15.4 Å². The Bertz CT molecular complexity index is 599. The van der Waals surface area contributed by atoms with E-state index in [0.29, 0.717) is 36.3 Å². The minimum absolute atomic E-state index is 0.103. The summed E-state index contributed by atoms with van der Waals surface area (Å²) in [5.74, 6) is -0.225. The third-order valence-electron chi connectivity index (χ3n) is 2.74. The van der Waals surface area contributed by atoms with Crippen molar-refractivity contribution in [1.29, 1.82) is 0 Å². The molecule has 1 fully saturated rings. The summed E-state index contributed by atoms with van der Waals surface area (Å²) in [5.41, 5.74) is 0.296. The monoisotopic (exact) mass is 367 g/mol. The zero-order valence-corrected chi connectivity index (χ0v) is 13.0. The van der Waals surface area contributed by atoms with Crippen LogP contribution in [0.15, 0.2) is 27.6 Å². The summed E-state index contributed by atoms with van der Waals surface area (Å²) < 4.78 is 28.3. The lowest BCUT2D eigenvalue weighted by Crippen LogP contribution is -2.40. The molecule has 0 bridgehead atoms. The molecule has 0 aromatic heterocycles. The van der Waals surface area contributed by atoms with Gasteiger partial charge in [-0.1, -0.05) is 0 Å². The van der Waals surface area contributed by atoms with Crippen molar-refractivity contribution in [3.8, 4) is 0 Å². The first kappa shape index (κ1) is 14.8. The minimum Gasteiger partial charge on any atom is -0.378 e. The molecule has 0 atom stereocenters. The average Bonchev–Trinajstić information content (AvgIpc) is 2.38. The van der Waals surface area contributed by atoms with Gasteiger partial charge in [-0.2, -0.15) is 0 Å². The van der Waals surface area contributed by atoms with Crippen molar-refractivity contribution in [1.82, 2.24) is 4.90 Å². The largest absolute Gasteiger partial charge is 0.378 e. The van der Waals surface area contributed by atoms with Crippen LogP contribution in [0.3, 0.4) is 0 Å². The lowest BCUT2D eigenvalue weighted by atomic mass is 10.2. The van der Waals surface area contributed by atoms with Crippen molar-refractivity contribution >= 4 is 41.6 Å². The van der Waals surface area contributed by atoms with Gasteiger partial charge in [0, 0.05) is 33.8 Å². The van der Waals surface area contributed by atoms with Gasteiger partial charge in [0.1, 0.15) is 0 Å². The number of carbonyl (C=O) groups is 1. The third kappa shape index (κ3) is 3.47. The van der Waals surface area contributed by atoms with Gasteiger partial charge in [0.25, 0.3) is 15.0 Å². The number of carbonyl (C=O) groups excluding carboxylic acids is 1. The lowest BCUT2D eigenvalue weighted by molar-refractivity contribution is 0.0302. The molecule has 19 heavy (non-hydrogen) atoms. The number of morpholine rings is 1. The standard InChI is InChI=1S/C11H11BrClNO4S/c12-9-2-1-8(7-10(9)19(13,16)17)11(15)14-3-5-18-6-4-14/h1-2,7H,3-6H2. The fraction of sp³-hybridized carbons (Fsp3) is 0.364. The van der Waals surface area contributed by atoms with Crippen molar-refractivity contribution in [2.45, 2.75) is 4.90 Å². The second-order valence-corrected chi connectivity index (χ2v) is 7.38. The highest BCUT2D eigenvalue weighted by Gasteiger charge is 2.22. The zero-order chi connectivity index (χ0) is 14.0. The summed E-state index contributed by atoms with van der Waals surface area (Å²) in [6.45, 7) is 1.97. The predicted molar refractivity (Wildman–Crippen MR) is 73.9 cm³/mol. The molecule has 1 aliphatic rings. The number of hydrogen-bond donors (Lipinski definition) is 0. The minimum atomic E-state index is -3.89. The first-order valence-corrected chi connectivity index (χ1v) is 8.61. The Hall–Kier alpha value is -0.630. The molecule has 8 heteroatoms. The Labute approximate surface area is 124 Å². The first-order chi connectivity index (χ1) is 8.89. The molecular weight excluding hydrogens is 358 g/mol. The van der Waals surface area contributed by atoms with Gasteiger partial charge in [-0.3, -0.25) is 4.79 Å². The van der Waals surface area contributed by atoms with Crippen LogP contribution in [0.4, 0.5) is 0 Å². The third-order valence-corrected chi connectivity index (χ3v) is 5.05. The van der Waals surface area contributed by atoms with E-state index in [2.05, 4.69) is 15.9 Å². The van der Waals surface area contributed by atoms with Crippen molar-refractivity contribution in [3.63, 3.8) is 0 Å². The van der Waals surface area contributed by atoms with E-state index < -0.39 is 9.05 Å². The summed E-state index contributed by atoms with van der Waals surface area (Å²) in [6.07, 6.45) is 0. The van der Waals surface area contributed by atoms with Gasteiger partial charge in [0.15, 0.2) is 0 Å². The van der Waals surface area contributed by atoms with Crippen molar-refractivity contribution < 1.29 is 17.9 Å². The summed E-state index contributed by atoms with van der Waals surface area (Å²) in [6, 6.07) is 4.35. The maximum atomic E-state index is 12.2. The molecule has 0 saturated carbocycles. The molecule has 1 heterocycles. The number of halogens is 2. The molecule has 0 N–H and O–H groups in total. The molecular formula is C11H11BrClNO4S. The number of ether oxygens (including phenoxy) is 1. The lowest BCUT2D eigenvalue weighted by Gasteiger charge is -2.27. The predicted octanol–water partition coefficient (Wildman–Crippen LogP) is 1.85. The number of benzene rings is 1. The molecule has 0 radical (unpaired) electrons. The van der Waals surface area contributed by atoms with Gasteiger partial charge >= 0.3 is 0 Å². The van der Waals surface area contributed by atoms with E-state index in [1.165, 1.54) is 12.1 Å². The fourth-order valence-corrected chi connectivity index (χ4v) is 3.89. The Morgan fingerprint density at radius 2 is 1.95 bits per heavy atom. The zero-order valence-electron chi connectivity index (χ0n) is 9.80. The highest BCUT2D eigenvalue weighted by Crippen LogP contribution is 2.26. The molecule has 0 aliphatic carbocycles. The van der Waals surface area contributed by atoms with Crippen LogP contribution in [0.2, 0.25) is 0 Å². The number of rotatable bonds is 2. The van der Waals surface area contributed by atoms with Crippen LogP contribution in [0.5, 0.6) is 0 Å². The maximum absolute atomic E-state index is 12.2. The molecule has 0 spiro atoms. The molecule has 0 unspecified atom stereocenters. The van der Waals surface area contributed by atoms with Gasteiger partial charge in [-0.05, 0) is 34.1 Å². The van der Waals surface area contributed by atoms with Crippen LogP contribution in [-0.2, 0) is 13.8 Å². The van der Waals surface area contributed by atoms with Gasteiger partial charge in [-0.25, -0.2) is 8.42 Å². The second kappa shape index (κ2) is 5.78. The molecule has 104 valence electrons. The van der Waals surface area contributed by atoms with Crippen LogP contribution >= 0.6 is 26.6 Å². The normalized spacial score (nSPS) is 16.4. The quantitative estimate of drug-likeness (QED) is 0.747. The molecule has 1 aliphatic heterocycles. The molecule has 5 nitrogen and oxygen atoms in total. The molecule has 1 aromatic carbocycles. The number of amides is 1. The Morgan fingerprint density at radius 3 is 2.53 bits per heavy atom. The maximum Gasteiger partial charge on any atom is 0.262 e. The van der Waals surface area contributed by atoms with Gasteiger partial charge < -0.3 is 9.64 Å². The molecule has 1 aromatic rings. The highest BCUT2D eigenvalue weighted by molar-refractivity contribution is 9.10. The molecule has 1 saturated heterocycles. The van der Waals surface area contributed by atoms with E-state index in [1.54, 1.807) is 11.0 Å². The van der Waals surface area contributed by atoms with Crippen LogP contribution in [-0.4, -0.2) is 45.5 Å². The SMILES string of the molecule is O=C(c1ccc(Br)c(S(=O)(=O)Cl)c1)N1CCOCC1. The fourth-order valence-electron chi connectivity index (χ4n) is 1.77. The van der Waals surface area contributed by atoms with Crippen LogP contribution in [0.25, 0.3) is 0 Å². The van der Waals surface area contributed by atoms with E-state index >= 15 is 0 Å². The smallest absolute Gasteiger partial charge is 0.262 e. The summed E-state index contributed by atoms with van der Waals surface area (Å²) in [5, 5.41) is 0. The molecule has 1 amide bonds. The summed E-state index contributed by atoms with van der Waals surface area (Å²) in [4.78, 5) is 13.7. The van der Waals surface area contributed by atoms with E-state index in [1.807, 2.05) is 0 Å². The topological polar surface area (TPSA) is 63.7 Å². The second-order valence-electron chi connectivity index (χ2n) is 3.99. The molecule has 2 rings (SSSR count). The Balaban J connectivity index is 2.33. The number of nitrogens with zero attached hydrogens (tertiary/aromatic N) is 1. The van der Waals surface area contributed by atoms with Crippen LogP contribution < -0.4 is 0 Å². The number of hydrogen-bond acceptors (Lipinski definition) is 4. The Morgan fingerprint density at radius 1 is 1.32 bits per heavy atom. The average molecular weight is 369 g/mol. The first-order valence-electron chi connectivity index (χ1n) is 5.51. The van der Waals surface area contributed by atoms with Crippen LogP contribution in [0, 0.1) is 0 Å². The Kier molecular flexibility index (Phi) is 4.50. The summed E-state index contributed by atoms with van der Waals surface area (Å²) >= 11 is 3.10. The van der Waals surface area contributed by atoms with Crippen molar-refractivity contribution in [2.75, 3.05) is 26.3 Å². The van der Waals surface area contributed by atoms with Gasteiger partial charge in [0.2, 0.25) is 0 Å².